The van der Waals surface area contributed by atoms with Crippen LogP contribution in [0.5, 0.6) is 0 Å². The molecule has 2 unspecified atom stereocenters. The number of hydrogen-bond donors (Lipinski definition) is 0. The van der Waals surface area contributed by atoms with Crippen molar-refractivity contribution in [2.75, 3.05) is 0 Å². The first-order valence-corrected chi connectivity index (χ1v) is 20.4. The highest BCUT2D eigenvalue weighted by Crippen LogP contribution is 2.43. The van der Waals surface area contributed by atoms with Crippen LogP contribution in [-0.4, -0.2) is 16.3 Å². The van der Waals surface area contributed by atoms with Gasteiger partial charge in [0.2, 0.25) is 0 Å². The van der Waals surface area contributed by atoms with Gasteiger partial charge in [-0.25, -0.2) is 4.57 Å². The second kappa shape index (κ2) is 14.7. The number of benzene rings is 6. The van der Waals surface area contributed by atoms with Crippen LogP contribution in [0.25, 0.3) is 61.2 Å². The Bertz CT molecular complexity index is 2840. The summed E-state index contributed by atoms with van der Waals surface area (Å²) in [5, 5.41) is 2.25. The summed E-state index contributed by atoms with van der Waals surface area (Å²) in [6.45, 7) is 17.7. The number of furan rings is 1. The van der Waals surface area contributed by atoms with Crippen LogP contribution in [0.3, 0.4) is 0 Å². The minimum atomic E-state index is -0.0424. The Morgan fingerprint density at radius 3 is 2.14 bits per heavy atom. The van der Waals surface area contributed by atoms with E-state index in [-0.39, 0.29) is 23.8 Å². The summed E-state index contributed by atoms with van der Waals surface area (Å²) >= 11 is 0. The molecule has 57 heavy (non-hydrogen) atoms. The van der Waals surface area contributed by atoms with E-state index in [4.69, 9.17) is 9.41 Å². The van der Waals surface area contributed by atoms with E-state index in [1.165, 1.54) is 55.7 Å². The molecule has 282 valence electrons. The number of hydrogen-bond acceptors (Lipinski definition) is 2. The first kappa shape index (κ1) is 36.4. The second-order valence-electron chi connectivity index (χ2n) is 16.2. The summed E-state index contributed by atoms with van der Waals surface area (Å²) in [5.74, 6) is 1.89. The fourth-order valence-electron chi connectivity index (χ4n) is 9.26. The van der Waals surface area contributed by atoms with Gasteiger partial charge in [-0.1, -0.05) is 125 Å². The summed E-state index contributed by atoms with van der Waals surface area (Å²) in [7, 11) is 2.23. The average Bonchev–Trinajstić information content (AvgIpc) is 3.75. The number of imidazole rings is 1. The normalized spacial score (nSPS) is 15.5. The molecule has 2 aromatic heterocycles. The van der Waals surface area contributed by atoms with Crippen LogP contribution in [0.15, 0.2) is 162 Å². The van der Waals surface area contributed by atoms with Crippen LogP contribution in [0.2, 0.25) is 0 Å². The number of fused-ring (bicyclic) bond motifs is 5. The number of aromatic nitrogens is 2. The van der Waals surface area contributed by atoms with Gasteiger partial charge in [-0.3, -0.25) is 4.99 Å². The molecule has 0 fully saturated rings. The van der Waals surface area contributed by atoms with Crippen molar-refractivity contribution in [3.63, 3.8) is 0 Å². The topological polar surface area (TPSA) is 34.3 Å². The molecule has 0 bridgehead atoms. The number of rotatable bonds is 10. The zero-order chi connectivity index (χ0) is 39.4. The van der Waals surface area contributed by atoms with Gasteiger partial charge in [0, 0.05) is 33.4 Å². The Kier molecular flexibility index (Phi) is 9.37. The molecule has 0 spiro atoms. The summed E-state index contributed by atoms with van der Waals surface area (Å²) in [5.41, 5.74) is 16.5. The Hall–Kier alpha value is -6.26. The van der Waals surface area contributed by atoms with Gasteiger partial charge < -0.3 is 4.42 Å². The molecule has 8 aromatic rings. The van der Waals surface area contributed by atoms with Gasteiger partial charge in [0.25, 0.3) is 5.82 Å². The lowest BCUT2D eigenvalue weighted by Gasteiger charge is -2.30. The van der Waals surface area contributed by atoms with Crippen LogP contribution in [0.4, 0.5) is 0 Å². The Morgan fingerprint density at radius 2 is 1.40 bits per heavy atom. The molecule has 1 aliphatic heterocycles. The van der Waals surface area contributed by atoms with Crippen LogP contribution in [-0.2, 0) is 13.5 Å². The Labute approximate surface area is 336 Å². The van der Waals surface area contributed by atoms with E-state index in [1.807, 2.05) is 12.2 Å². The highest BCUT2D eigenvalue weighted by atomic mass is 16.3. The highest BCUT2D eigenvalue weighted by molar-refractivity contribution is 6.10. The summed E-state index contributed by atoms with van der Waals surface area (Å²) in [6, 6.07) is 46.3. The number of aliphatic imine (C=N–C) groups is 1. The van der Waals surface area contributed by atoms with Crippen molar-refractivity contribution >= 4 is 38.7 Å². The first-order valence-electron chi connectivity index (χ1n) is 20.4. The molecule has 2 atom stereocenters. The van der Waals surface area contributed by atoms with Crippen molar-refractivity contribution in [3.8, 4) is 28.2 Å². The monoisotopic (exact) mass is 744 g/mol. The van der Waals surface area contributed by atoms with Crippen molar-refractivity contribution in [2.24, 2.45) is 12.0 Å². The van der Waals surface area contributed by atoms with Crippen molar-refractivity contribution in [3.05, 3.63) is 181 Å². The molecule has 6 aromatic carbocycles. The third kappa shape index (κ3) is 6.15. The Morgan fingerprint density at radius 1 is 0.719 bits per heavy atom. The molecule has 9 rings (SSSR count). The van der Waals surface area contributed by atoms with Gasteiger partial charge in [0.1, 0.15) is 16.9 Å². The lowest BCUT2D eigenvalue weighted by molar-refractivity contribution is -0.633. The van der Waals surface area contributed by atoms with E-state index in [0.717, 1.165) is 51.9 Å². The van der Waals surface area contributed by atoms with Crippen LogP contribution in [0, 0.1) is 0 Å². The van der Waals surface area contributed by atoms with E-state index >= 15 is 0 Å². The average molecular weight is 745 g/mol. The number of para-hydroxylation sites is 3. The number of aryl methyl sites for hydroxylation is 2. The molecule has 0 aliphatic carbocycles. The molecule has 4 nitrogen and oxygen atoms in total. The molecule has 0 saturated carbocycles. The maximum Gasteiger partial charge on any atom is 0.295 e. The number of allylic oxidation sites excluding steroid dienone is 1. The lowest BCUT2D eigenvalue weighted by atomic mass is 9.80. The fraction of sp³-hybridized carbons (Fsp3) is 0.208. The van der Waals surface area contributed by atoms with E-state index in [1.54, 1.807) is 0 Å². The molecular formula is C53H50N3O+. The summed E-state index contributed by atoms with van der Waals surface area (Å²) in [4.78, 5) is 5.14. The minimum absolute atomic E-state index is 0.0424. The van der Waals surface area contributed by atoms with Crippen molar-refractivity contribution < 1.29 is 8.98 Å². The minimum Gasteiger partial charge on any atom is -0.456 e. The van der Waals surface area contributed by atoms with Gasteiger partial charge in [-0.2, -0.15) is 4.57 Å². The smallest absolute Gasteiger partial charge is 0.295 e. The molecule has 3 heterocycles. The van der Waals surface area contributed by atoms with Crippen molar-refractivity contribution in [2.45, 2.75) is 64.3 Å². The maximum absolute atomic E-state index is 6.60. The molecule has 0 saturated heterocycles. The Balaban J connectivity index is 1.31. The predicted octanol–water partition coefficient (Wildman–Crippen LogP) is 13.2. The van der Waals surface area contributed by atoms with Gasteiger partial charge >= 0.3 is 0 Å². The van der Waals surface area contributed by atoms with Crippen molar-refractivity contribution in [1.29, 1.82) is 0 Å². The highest BCUT2D eigenvalue weighted by Gasteiger charge is 2.34. The molecule has 0 N–H and O–H groups in total. The van der Waals surface area contributed by atoms with E-state index in [9.17, 15) is 0 Å². The maximum atomic E-state index is 6.60. The van der Waals surface area contributed by atoms with E-state index in [2.05, 4.69) is 184 Å². The third-order valence-corrected chi connectivity index (χ3v) is 12.1. The first-order chi connectivity index (χ1) is 27.8. The second-order valence-corrected chi connectivity index (χ2v) is 16.2. The van der Waals surface area contributed by atoms with Crippen LogP contribution >= 0.6 is 0 Å². The largest absolute Gasteiger partial charge is 0.456 e. The SMILES string of the molecule is C=CC1=NC(C=C)C(CCc2cc3oc4ccccc4c3cc2-c2n(-c3c(C(C)C)cc(-c4ccccc4)cc3C(C)C)c3ccccc3[n+]2C)c2ccccc21. The predicted molar refractivity (Wildman–Crippen MR) is 239 cm³/mol. The molecule has 4 heteroatoms. The fourth-order valence-corrected chi connectivity index (χ4v) is 9.26. The zero-order valence-electron chi connectivity index (χ0n) is 33.7. The van der Waals surface area contributed by atoms with Crippen LogP contribution < -0.4 is 4.57 Å². The number of nitrogens with zero attached hydrogens (tertiary/aromatic N) is 3. The van der Waals surface area contributed by atoms with Crippen molar-refractivity contribution in [1.82, 2.24) is 4.57 Å². The van der Waals surface area contributed by atoms with Crippen LogP contribution in [0.1, 0.15) is 79.7 Å². The summed E-state index contributed by atoms with van der Waals surface area (Å²) < 4.78 is 11.6. The van der Waals surface area contributed by atoms with E-state index in [0.29, 0.717) is 0 Å². The summed E-state index contributed by atoms with van der Waals surface area (Å²) in [6.07, 6.45) is 5.60. The molecule has 1 aliphatic rings. The van der Waals surface area contributed by atoms with Gasteiger partial charge in [0.15, 0.2) is 11.0 Å². The van der Waals surface area contributed by atoms with E-state index < -0.39 is 0 Å². The lowest BCUT2D eigenvalue weighted by Crippen LogP contribution is -2.31. The third-order valence-electron chi connectivity index (χ3n) is 12.1. The van der Waals surface area contributed by atoms with Gasteiger partial charge in [-0.05, 0) is 95.5 Å². The molecular weight excluding hydrogens is 695 g/mol. The van der Waals surface area contributed by atoms with Gasteiger partial charge in [0.05, 0.1) is 24.4 Å². The molecule has 0 radical (unpaired) electrons. The quantitative estimate of drug-likeness (QED) is 0.101. The van der Waals surface area contributed by atoms with Gasteiger partial charge in [-0.15, -0.1) is 6.58 Å². The zero-order valence-corrected chi connectivity index (χ0v) is 33.7. The standard InChI is InChI=1S/C53H50N3O/c1-8-46-39-22-14-13-21-38(39)40(47(9-2)54-46)28-27-36-31-51-45(41-23-15-18-26-50(41)57-51)32-44(36)53-55(7)48-24-16-17-25-49(48)56(53)52-42(33(3)4)29-37(30-43(52)34(5)6)35-19-11-10-12-20-35/h8-26,29-34,40,47H,1-2,27-28H2,3-7H3/q+1. The molecule has 0 amide bonds.